The number of carbonyl (C=O) groups excluding carboxylic acids is 1. The Balaban J connectivity index is 2.12. The van der Waals surface area contributed by atoms with E-state index in [0.29, 0.717) is 31.8 Å². The number of amides is 2. The van der Waals surface area contributed by atoms with Gasteiger partial charge < -0.3 is 20.5 Å². The molecule has 7 heteroatoms. The average Bonchev–Trinajstić information content (AvgIpc) is 2.83. The van der Waals surface area contributed by atoms with Crippen LogP contribution in [0.25, 0.3) is 0 Å². The molecule has 1 saturated heterocycles. The second-order valence-electron chi connectivity index (χ2n) is 4.81. The van der Waals surface area contributed by atoms with Crippen molar-refractivity contribution in [1.29, 1.82) is 0 Å². The van der Waals surface area contributed by atoms with Crippen molar-refractivity contribution in [3.8, 4) is 0 Å². The molecule has 1 rings (SSSR count). The van der Waals surface area contributed by atoms with Crippen molar-refractivity contribution in [2.75, 3.05) is 25.1 Å². The van der Waals surface area contributed by atoms with Crippen molar-refractivity contribution < 1.29 is 19.4 Å². The Morgan fingerprint density at radius 3 is 2.74 bits per heavy atom. The van der Waals surface area contributed by atoms with Gasteiger partial charge in [-0.05, 0) is 30.8 Å². The van der Waals surface area contributed by atoms with Gasteiger partial charge in [0.1, 0.15) is 0 Å². The number of carboxylic acid groups (broad SMARTS) is 1. The molecule has 1 aliphatic heterocycles. The fraction of sp³-hybridized carbons (Fsp3) is 0.833. The third-order valence-corrected chi connectivity index (χ3v) is 3.84. The van der Waals surface area contributed by atoms with Crippen LogP contribution in [0.3, 0.4) is 0 Å². The third kappa shape index (κ3) is 6.15. The summed E-state index contributed by atoms with van der Waals surface area (Å²) < 4.78 is 5.29. The largest absolute Gasteiger partial charge is 0.479 e. The minimum absolute atomic E-state index is 0.199. The maximum absolute atomic E-state index is 11.5. The number of thioether (sulfide) groups is 1. The van der Waals surface area contributed by atoms with Gasteiger partial charge in [0.2, 0.25) is 0 Å². The minimum atomic E-state index is -0.933. The SMILES string of the molecule is CSCC(C)CNC(=O)NCC1CCC(C(=O)O)O1. The van der Waals surface area contributed by atoms with E-state index < -0.39 is 12.1 Å². The summed E-state index contributed by atoms with van der Waals surface area (Å²) in [4.78, 5) is 22.2. The lowest BCUT2D eigenvalue weighted by Gasteiger charge is -2.14. The van der Waals surface area contributed by atoms with Crippen LogP contribution < -0.4 is 10.6 Å². The predicted molar refractivity (Wildman–Crippen MR) is 74.5 cm³/mol. The Bertz CT molecular complexity index is 314. The number of urea groups is 1. The molecule has 0 aromatic heterocycles. The zero-order valence-electron chi connectivity index (χ0n) is 11.3. The van der Waals surface area contributed by atoms with Crippen LogP contribution in [-0.2, 0) is 9.53 Å². The summed E-state index contributed by atoms with van der Waals surface area (Å²) in [5.74, 6) is 0.504. The van der Waals surface area contributed by atoms with Gasteiger partial charge in [-0.3, -0.25) is 0 Å². The van der Waals surface area contributed by atoms with Gasteiger partial charge in [-0.1, -0.05) is 6.92 Å². The minimum Gasteiger partial charge on any atom is -0.479 e. The highest BCUT2D eigenvalue weighted by atomic mass is 32.2. The number of nitrogens with one attached hydrogen (secondary N) is 2. The van der Waals surface area contributed by atoms with Crippen molar-refractivity contribution in [3.05, 3.63) is 0 Å². The van der Waals surface area contributed by atoms with Crippen LogP contribution >= 0.6 is 11.8 Å². The van der Waals surface area contributed by atoms with Crippen LogP contribution in [-0.4, -0.2) is 54.4 Å². The highest BCUT2D eigenvalue weighted by Gasteiger charge is 2.30. The van der Waals surface area contributed by atoms with E-state index >= 15 is 0 Å². The molecule has 2 amide bonds. The average molecular weight is 290 g/mol. The predicted octanol–water partition coefficient (Wildman–Crippen LogP) is 0.917. The summed E-state index contributed by atoms with van der Waals surface area (Å²) in [7, 11) is 0. The highest BCUT2D eigenvalue weighted by molar-refractivity contribution is 7.98. The van der Waals surface area contributed by atoms with Gasteiger partial charge in [0.05, 0.1) is 6.10 Å². The van der Waals surface area contributed by atoms with E-state index in [2.05, 4.69) is 17.6 Å². The summed E-state index contributed by atoms with van der Waals surface area (Å²) in [6, 6.07) is -0.227. The van der Waals surface area contributed by atoms with Gasteiger partial charge in [0, 0.05) is 13.1 Å². The molecule has 0 aliphatic carbocycles. The summed E-state index contributed by atoms with van der Waals surface area (Å²) in [6.07, 6.45) is 2.29. The number of aliphatic carboxylic acids is 1. The monoisotopic (exact) mass is 290 g/mol. The lowest BCUT2D eigenvalue weighted by Crippen LogP contribution is -2.41. The quantitative estimate of drug-likeness (QED) is 0.649. The van der Waals surface area contributed by atoms with E-state index in [-0.39, 0.29) is 12.1 Å². The van der Waals surface area contributed by atoms with Gasteiger partial charge in [0.25, 0.3) is 0 Å². The first-order chi connectivity index (χ1) is 9.02. The topological polar surface area (TPSA) is 87.7 Å². The number of hydrogen-bond acceptors (Lipinski definition) is 4. The number of ether oxygens (including phenoxy) is 1. The molecule has 3 unspecified atom stereocenters. The Hall–Kier alpha value is -0.950. The van der Waals surface area contributed by atoms with Crippen molar-refractivity contribution >= 4 is 23.8 Å². The molecule has 0 aromatic carbocycles. The summed E-state index contributed by atoms with van der Waals surface area (Å²) in [5.41, 5.74) is 0. The highest BCUT2D eigenvalue weighted by Crippen LogP contribution is 2.19. The molecule has 3 atom stereocenters. The zero-order chi connectivity index (χ0) is 14.3. The summed E-state index contributed by atoms with van der Waals surface area (Å²) in [5, 5.41) is 14.3. The fourth-order valence-electron chi connectivity index (χ4n) is 1.92. The van der Waals surface area contributed by atoms with Gasteiger partial charge in [-0.2, -0.15) is 11.8 Å². The number of rotatable bonds is 7. The molecule has 0 aromatic rings. The summed E-state index contributed by atoms with van der Waals surface area (Å²) >= 11 is 1.75. The molecule has 0 saturated carbocycles. The van der Waals surface area contributed by atoms with Crippen LogP contribution in [0.2, 0.25) is 0 Å². The first-order valence-electron chi connectivity index (χ1n) is 6.41. The maximum atomic E-state index is 11.5. The number of carbonyl (C=O) groups is 2. The van der Waals surface area contributed by atoms with Crippen molar-refractivity contribution in [2.45, 2.75) is 32.0 Å². The van der Waals surface area contributed by atoms with Crippen LogP contribution in [0.4, 0.5) is 4.79 Å². The third-order valence-electron chi connectivity index (χ3n) is 2.94. The molecule has 1 fully saturated rings. The van der Waals surface area contributed by atoms with Crippen LogP contribution in [0.5, 0.6) is 0 Å². The Morgan fingerprint density at radius 2 is 2.16 bits per heavy atom. The van der Waals surface area contributed by atoms with E-state index in [0.717, 1.165) is 5.75 Å². The van der Waals surface area contributed by atoms with Crippen molar-refractivity contribution in [1.82, 2.24) is 10.6 Å². The normalized spacial score (nSPS) is 23.9. The van der Waals surface area contributed by atoms with Crippen LogP contribution in [0, 0.1) is 5.92 Å². The molecule has 6 nitrogen and oxygen atoms in total. The smallest absolute Gasteiger partial charge is 0.332 e. The zero-order valence-corrected chi connectivity index (χ0v) is 12.2. The van der Waals surface area contributed by atoms with E-state index in [4.69, 9.17) is 9.84 Å². The second-order valence-corrected chi connectivity index (χ2v) is 5.72. The molecule has 3 N–H and O–H groups in total. The van der Waals surface area contributed by atoms with Gasteiger partial charge in [0.15, 0.2) is 6.10 Å². The standard InChI is InChI=1S/C12H22N2O4S/c1-8(7-19-2)5-13-12(17)14-6-9-3-4-10(18-9)11(15)16/h8-10H,3-7H2,1-2H3,(H,15,16)(H2,13,14,17). The van der Waals surface area contributed by atoms with Crippen molar-refractivity contribution in [3.63, 3.8) is 0 Å². The number of carboxylic acids is 1. The molecule has 19 heavy (non-hydrogen) atoms. The van der Waals surface area contributed by atoms with Crippen LogP contribution in [0.1, 0.15) is 19.8 Å². The van der Waals surface area contributed by atoms with Gasteiger partial charge >= 0.3 is 12.0 Å². The molecular weight excluding hydrogens is 268 g/mol. The molecule has 0 bridgehead atoms. The lowest BCUT2D eigenvalue weighted by molar-refractivity contribution is -0.149. The van der Waals surface area contributed by atoms with E-state index in [1.807, 2.05) is 6.26 Å². The Labute approximate surface area is 117 Å². The second kappa shape index (κ2) is 8.27. The fourth-order valence-corrected chi connectivity index (χ4v) is 2.60. The molecule has 1 heterocycles. The van der Waals surface area contributed by atoms with E-state index in [9.17, 15) is 9.59 Å². The number of hydrogen-bond donors (Lipinski definition) is 3. The molecule has 0 spiro atoms. The lowest BCUT2D eigenvalue weighted by atomic mass is 10.2. The van der Waals surface area contributed by atoms with Crippen LogP contribution in [0.15, 0.2) is 0 Å². The maximum Gasteiger partial charge on any atom is 0.332 e. The van der Waals surface area contributed by atoms with Gasteiger partial charge in [-0.25, -0.2) is 9.59 Å². The molecule has 1 aliphatic rings. The Kier molecular flexibility index (Phi) is 7.01. The molecule has 110 valence electrons. The first-order valence-corrected chi connectivity index (χ1v) is 7.81. The summed E-state index contributed by atoms with van der Waals surface area (Å²) in [6.45, 7) is 3.07. The van der Waals surface area contributed by atoms with E-state index in [1.54, 1.807) is 11.8 Å². The molecule has 0 radical (unpaired) electrons. The first kappa shape index (κ1) is 16.1. The van der Waals surface area contributed by atoms with Gasteiger partial charge in [-0.15, -0.1) is 0 Å². The molecular formula is C12H22N2O4S. The Morgan fingerprint density at radius 1 is 1.42 bits per heavy atom. The van der Waals surface area contributed by atoms with Crippen molar-refractivity contribution in [2.24, 2.45) is 5.92 Å². The van der Waals surface area contributed by atoms with E-state index in [1.165, 1.54) is 0 Å².